The molecule has 8 heteroatoms. The van der Waals surface area contributed by atoms with Gasteiger partial charge in [0, 0.05) is 27.8 Å². The molecule has 0 heterocycles. The van der Waals surface area contributed by atoms with E-state index in [0.29, 0.717) is 21.7 Å². The number of allylic oxidation sites excluding steroid dienone is 2. The summed E-state index contributed by atoms with van der Waals surface area (Å²) in [5.41, 5.74) is 0.811. The van der Waals surface area contributed by atoms with Crippen molar-refractivity contribution in [3.8, 4) is 0 Å². The monoisotopic (exact) mass is 577 g/mol. The van der Waals surface area contributed by atoms with Crippen molar-refractivity contribution in [3.05, 3.63) is 93.0 Å². The topological polar surface area (TPSA) is 55.8 Å². The number of halogens is 3. The second-order valence-electron chi connectivity index (χ2n) is 9.48. The standard InChI is InChI=1S/C30H34Cl3NO4/c1-5-6-19-37-21-26(18-13-22-11-15-24(31)16-12-22)34(29(36)38-30(2,3)4)28(35)10-8-7-9-23-14-17-25(32)20-27(23)33/h7-18,20,26H,5-6,19,21H2,1-4H3/b9-7+,10-8+,18-13-/t26-/m0/s1. The van der Waals surface area contributed by atoms with Crippen molar-refractivity contribution < 1.29 is 19.1 Å². The lowest BCUT2D eigenvalue weighted by molar-refractivity contribution is -0.127. The van der Waals surface area contributed by atoms with Crippen LogP contribution in [0, 0.1) is 0 Å². The first-order valence-corrected chi connectivity index (χ1v) is 13.5. The van der Waals surface area contributed by atoms with Crippen molar-refractivity contribution >= 4 is 59.0 Å². The highest BCUT2D eigenvalue weighted by molar-refractivity contribution is 6.35. The smallest absolute Gasteiger partial charge is 0.417 e. The number of carbonyl (C=O) groups excluding carboxylic acids is 2. The molecule has 0 saturated heterocycles. The summed E-state index contributed by atoms with van der Waals surface area (Å²) in [5.74, 6) is -0.545. The molecule has 2 aromatic carbocycles. The van der Waals surface area contributed by atoms with E-state index in [9.17, 15) is 9.59 Å². The van der Waals surface area contributed by atoms with Crippen LogP contribution in [0.5, 0.6) is 0 Å². The number of hydrogen-bond donors (Lipinski definition) is 0. The summed E-state index contributed by atoms with van der Waals surface area (Å²) in [4.78, 5) is 27.6. The molecule has 0 bridgehead atoms. The third-order valence-corrected chi connectivity index (χ3v) is 5.87. The number of hydrogen-bond acceptors (Lipinski definition) is 4. The molecule has 0 unspecified atom stereocenters. The molecule has 0 aliphatic heterocycles. The predicted octanol–water partition coefficient (Wildman–Crippen LogP) is 8.88. The molecular weight excluding hydrogens is 545 g/mol. The molecule has 38 heavy (non-hydrogen) atoms. The van der Waals surface area contributed by atoms with E-state index in [4.69, 9.17) is 44.3 Å². The second kappa shape index (κ2) is 15.7. The van der Waals surface area contributed by atoms with E-state index in [1.807, 2.05) is 18.2 Å². The van der Waals surface area contributed by atoms with Gasteiger partial charge in [-0.1, -0.05) is 96.7 Å². The Balaban J connectivity index is 2.33. The summed E-state index contributed by atoms with van der Waals surface area (Å²) < 4.78 is 11.4. The van der Waals surface area contributed by atoms with Crippen LogP contribution in [-0.2, 0) is 14.3 Å². The van der Waals surface area contributed by atoms with Crippen LogP contribution in [0.4, 0.5) is 4.79 Å². The first-order chi connectivity index (χ1) is 18.0. The van der Waals surface area contributed by atoms with Crippen LogP contribution in [-0.4, -0.2) is 41.8 Å². The van der Waals surface area contributed by atoms with Crippen LogP contribution in [0.25, 0.3) is 12.2 Å². The Morgan fingerprint density at radius 3 is 2.29 bits per heavy atom. The molecule has 0 fully saturated rings. The van der Waals surface area contributed by atoms with E-state index in [-0.39, 0.29) is 6.61 Å². The van der Waals surface area contributed by atoms with Crippen LogP contribution in [0.2, 0.25) is 15.1 Å². The number of benzene rings is 2. The maximum Gasteiger partial charge on any atom is 0.417 e. The number of ether oxygens (including phenoxy) is 2. The van der Waals surface area contributed by atoms with Crippen molar-refractivity contribution in [2.45, 2.75) is 52.2 Å². The Kier molecular flexibility index (Phi) is 13.1. The fraction of sp³-hybridized carbons (Fsp3) is 0.333. The van der Waals surface area contributed by atoms with E-state index < -0.39 is 23.6 Å². The minimum Gasteiger partial charge on any atom is -0.443 e. The Labute approximate surface area is 240 Å². The van der Waals surface area contributed by atoms with Crippen LogP contribution in [0.3, 0.4) is 0 Å². The van der Waals surface area contributed by atoms with Gasteiger partial charge in [-0.3, -0.25) is 4.79 Å². The van der Waals surface area contributed by atoms with Crippen molar-refractivity contribution in [2.24, 2.45) is 0 Å². The van der Waals surface area contributed by atoms with Crippen LogP contribution >= 0.6 is 34.8 Å². The van der Waals surface area contributed by atoms with Crippen LogP contribution in [0.1, 0.15) is 51.7 Å². The van der Waals surface area contributed by atoms with E-state index in [1.54, 1.807) is 75.4 Å². The zero-order valence-corrected chi connectivity index (χ0v) is 24.4. The zero-order chi connectivity index (χ0) is 28.1. The number of nitrogens with zero attached hydrogens (tertiary/aromatic N) is 1. The molecule has 0 aliphatic rings. The van der Waals surface area contributed by atoms with Gasteiger partial charge in [-0.2, -0.15) is 0 Å². The number of imide groups is 1. The highest BCUT2D eigenvalue weighted by Gasteiger charge is 2.31. The summed E-state index contributed by atoms with van der Waals surface area (Å²) in [7, 11) is 0. The minimum atomic E-state index is -0.794. The summed E-state index contributed by atoms with van der Waals surface area (Å²) in [6, 6.07) is 11.7. The summed E-state index contributed by atoms with van der Waals surface area (Å²) >= 11 is 18.2. The molecule has 204 valence electrons. The lowest BCUT2D eigenvalue weighted by atomic mass is 10.1. The van der Waals surface area contributed by atoms with Gasteiger partial charge in [0.2, 0.25) is 0 Å². The average Bonchev–Trinajstić information content (AvgIpc) is 2.83. The second-order valence-corrected chi connectivity index (χ2v) is 10.8. The SMILES string of the molecule is CCCCOC[C@H](/C=C\c1ccc(Cl)cc1)N(C(=O)/C=C/C=C/c1ccc(Cl)cc1Cl)C(=O)OC(C)(C)C. The largest absolute Gasteiger partial charge is 0.443 e. The van der Waals surface area contributed by atoms with Crippen LogP contribution < -0.4 is 0 Å². The van der Waals surface area contributed by atoms with Crippen LogP contribution in [0.15, 0.2) is 66.8 Å². The normalized spacial score (nSPS) is 12.9. The maximum atomic E-state index is 13.3. The fourth-order valence-corrected chi connectivity index (χ4v) is 3.77. The lowest BCUT2D eigenvalue weighted by Gasteiger charge is -2.30. The molecule has 0 aliphatic carbocycles. The van der Waals surface area contributed by atoms with Gasteiger partial charge in [0.25, 0.3) is 5.91 Å². The molecule has 0 N–H and O–H groups in total. The van der Waals surface area contributed by atoms with Gasteiger partial charge in [0.15, 0.2) is 0 Å². The van der Waals surface area contributed by atoms with E-state index >= 15 is 0 Å². The molecule has 2 aromatic rings. The molecule has 5 nitrogen and oxygen atoms in total. The molecule has 1 atom stereocenters. The first-order valence-electron chi connectivity index (χ1n) is 12.4. The van der Waals surface area contributed by atoms with Crippen molar-refractivity contribution in [3.63, 3.8) is 0 Å². The summed E-state index contributed by atoms with van der Waals surface area (Å²) in [6.45, 7) is 7.94. The Bertz CT molecular complexity index is 1150. The predicted molar refractivity (Wildman–Crippen MR) is 158 cm³/mol. The molecule has 0 spiro atoms. The number of carbonyl (C=O) groups is 2. The zero-order valence-electron chi connectivity index (χ0n) is 22.1. The van der Waals surface area contributed by atoms with Gasteiger partial charge < -0.3 is 9.47 Å². The van der Waals surface area contributed by atoms with Crippen molar-refractivity contribution in [1.82, 2.24) is 4.90 Å². The lowest BCUT2D eigenvalue weighted by Crippen LogP contribution is -2.47. The van der Waals surface area contributed by atoms with Crippen molar-refractivity contribution in [1.29, 1.82) is 0 Å². The number of amides is 2. The van der Waals surface area contributed by atoms with Gasteiger partial charge in [-0.05, 0) is 62.6 Å². The quantitative estimate of drug-likeness (QED) is 0.152. The highest BCUT2D eigenvalue weighted by Crippen LogP contribution is 2.22. The minimum absolute atomic E-state index is 0.124. The summed E-state index contributed by atoms with van der Waals surface area (Å²) in [6.07, 6.45) is 10.9. The molecule has 0 saturated carbocycles. The van der Waals surface area contributed by atoms with E-state index in [2.05, 4.69) is 6.92 Å². The molecule has 0 radical (unpaired) electrons. The van der Waals surface area contributed by atoms with Gasteiger partial charge in [-0.15, -0.1) is 0 Å². The number of rotatable bonds is 11. The summed E-state index contributed by atoms with van der Waals surface area (Å²) in [5, 5.41) is 1.63. The molecule has 2 amide bonds. The van der Waals surface area contributed by atoms with E-state index in [0.717, 1.165) is 28.9 Å². The van der Waals surface area contributed by atoms with Gasteiger partial charge in [0.1, 0.15) is 5.60 Å². The maximum absolute atomic E-state index is 13.3. The average molecular weight is 579 g/mol. The van der Waals surface area contributed by atoms with Gasteiger partial charge in [0.05, 0.1) is 12.6 Å². The van der Waals surface area contributed by atoms with Gasteiger partial charge >= 0.3 is 6.09 Å². The number of unbranched alkanes of at least 4 members (excludes halogenated alkanes) is 1. The first kappa shape index (κ1) is 31.6. The molecule has 2 rings (SSSR count). The van der Waals surface area contributed by atoms with E-state index in [1.165, 1.54) is 6.08 Å². The van der Waals surface area contributed by atoms with Gasteiger partial charge in [-0.25, -0.2) is 9.69 Å². The van der Waals surface area contributed by atoms with Crippen molar-refractivity contribution in [2.75, 3.05) is 13.2 Å². The highest BCUT2D eigenvalue weighted by atomic mass is 35.5. The fourth-order valence-electron chi connectivity index (χ4n) is 3.18. The Hall–Kier alpha value is -2.57. The Morgan fingerprint density at radius 1 is 0.974 bits per heavy atom. The third-order valence-electron chi connectivity index (χ3n) is 5.06. The molecular formula is C30H34Cl3NO4. The molecule has 0 aromatic heterocycles. The third kappa shape index (κ3) is 11.4. The Morgan fingerprint density at radius 2 is 1.66 bits per heavy atom.